The summed E-state index contributed by atoms with van der Waals surface area (Å²) in [6, 6.07) is 20.0. The first-order valence-electron chi connectivity index (χ1n) is 8.73. The minimum Gasteiger partial charge on any atom is -0.436 e. The molecule has 2 aromatic heterocycles. The summed E-state index contributed by atoms with van der Waals surface area (Å²) < 4.78 is 11.8. The Morgan fingerprint density at radius 1 is 0.607 bits per heavy atom. The van der Waals surface area contributed by atoms with Crippen molar-refractivity contribution in [3.05, 3.63) is 60.7 Å². The monoisotopic (exact) mass is 404 g/mol. The highest BCUT2D eigenvalue weighted by atomic mass is 32.2. The van der Waals surface area contributed by atoms with Gasteiger partial charge in [0.25, 0.3) is 0 Å². The number of benzene rings is 3. The average Bonchev–Trinajstić information content (AvgIpc) is 3.36. The van der Waals surface area contributed by atoms with E-state index in [9.17, 15) is 0 Å². The second-order valence-corrected chi connectivity index (χ2v) is 8.04. The summed E-state index contributed by atoms with van der Waals surface area (Å²) in [5, 5.41) is 0. The summed E-state index contributed by atoms with van der Waals surface area (Å²) >= 11 is 3.38. The third-order valence-electron chi connectivity index (χ3n) is 4.57. The molecule has 0 unspecified atom stereocenters. The molecule has 2 heterocycles. The Bertz CT molecular complexity index is 1190. The molecule has 0 aliphatic carbocycles. The molecular formula is C22H16N2O2S2. The lowest BCUT2D eigenvalue weighted by atomic mass is 10.1. The van der Waals surface area contributed by atoms with Crippen molar-refractivity contribution < 1.29 is 8.83 Å². The summed E-state index contributed by atoms with van der Waals surface area (Å²) in [5.74, 6) is 1.23. The van der Waals surface area contributed by atoms with Gasteiger partial charge in [-0.1, -0.05) is 0 Å². The molecule has 3 aromatic carbocycles. The molecular weight excluding hydrogens is 388 g/mol. The zero-order chi connectivity index (χ0) is 19.1. The van der Waals surface area contributed by atoms with Crippen LogP contribution in [0.3, 0.4) is 0 Å². The van der Waals surface area contributed by atoms with Gasteiger partial charge in [-0.05, 0) is 73.2 Å². The maximum atomic E-state index is 5.91. The van der Waals surface area contributed by atoms with Gasteiger partial charge in [0.05, 0.1) is 0 Å². The SMILES string of the molecule is CSc1ccc2oc(-c3ccc(-c4nc5cc(SC)ccc5o4)cc3)nc2c1. The van der Waals surface area contributed by atoms with Crippen LogP contribution in [0.5, 0.6) is 0 Å². The molecule has 0 fully saturated rings. The fourth-order valence-electron chi connectivity index (χ4n) is 3.07. The van der Waals surface area contributed by atoms with E-state index in [1.807, 2.05) is 60.7 Å². The van der Waals surface area contributed by atoms with Crippen LogP contribution < -0.4 is 0 Å². The summed E-state index contributed by atoms with van der Waals surface area (Å²) in [6.45, 7) is 0. The number of nitrogens with zero attached hydrogens (tertiary/aromatic N) is 2. The van der Waals surface area contributed by atoms with Gasteiger partial charge in [0.1, 0.15) is 11.0 Å². The van der Waals surface area contributed by atoms with E-state index in [0.717, 1.165) is 33.3 Å². The quantitative estimate of drug-likeness (QED) is 0.309. The van der Waals surface area contributed by atoms with E-state index in [1.54, 1.807) is 23.5 Å². The molecule has 138 valence electrons. The van der Waals surface area contributed by atoms with Crippen LogP contribution in [0.2, 0.25) is 0 Å². The van der Waals surface area contributed by atoms with Crippen molar-refractivity contribution in [2.45, 2.75) is 9.79 Å². The standard InChI is InChI=1S/C22H16N2O2S2/c1-27-15-7-9-19-17(11-15)23-21(25-19)13-3-5-14(6-4-13)22-24-18-12-16(28-2)8-10-20(18)26-22/h3-12H,1-2H3. The molecule has 0 spiro atoms. The van der Waals surface area contributed by atoms with E-state index in [0.29, 0.717) is 11.8 Å². The van der Waals surface area contributed by atoms with E-state index in [2.05, 4.69) is 22.5 Å². The third-order valence-corrected chi connectivity index (χ3v) is 6.02. The predicted octanol–water partition coefficient (Wildman–Crippen LogP) is 6.75. The third kappa shape index (κ3) is 3.08. The van der Waals surface area contributed by atoms with Crippen molar-refractivity contribution in [1.82, 2.24) is 9.97 Å². The van der Waals surface area contributed by atoms with Crippen LogP contribution in [0.1, 0.15) is 0 Å². The van der Waals surface area contributed by atoms with Gasteiger partial charge < -0.3 is 8.83 Å². The normalized spacial score (nSPS) is 11.5. The smallest absolute Gasteiger partial charge is 0.227 e. The second kappa shape index (κ2) is 7.04. The first kappa shape index (κ1) is 17.4. The fourth-order valence-corrected chi connectivity index (χ4v) is 3.94. The van der Waals surface area contributed by atoms with Crippen LogP contribution >= 0.6 is 23.5 Å². The molecule has 5 aromatic rings. The van der Waals surface area contributed by atoms with Crippen molar-refractivity contribution in [3.8, 4) is 22.9 Å². The minimum atomic E-state index is 0.613. The lowest BCUT2D eigenvalue weighted by Crippen LogP contribution is -1.80. The highest BCUT2D eigenvalue weighted by molar-refractivity contribution is 7.98. The van der Waals surface area contributed by atoms with Crippen LogP contribution in [-0.4, -0.2) is 22.5 Å². The Morgan fingerprint density at radius 2 is 1.04 bits per heavy atom. The minimum absolute atomic E-state index is 0.613. The van der Waals surface area contributed by atoms with E-state index >= 15 is 0 Å². The largest absolute Gasteiger partial charge is 0.436 e. The fraction of sp³-hybridized carbons (Fsp3) is 0.0909. The maximum absolute atomic E-state index is 5.91. The summed E-state index contributed by atoms with van der Waals surface area (Å²) in [5.41, 5.74) is 5.17. The first-order chi connectivity index (χ1) is 13.7. The van der Waals surface area contributed by atoms with Gasteiger partial charge in [0.15, 0.2) is 11.2 Å². The van der Waals surface area contributed by atoms with Crippen LogP contribution in [0.4, 0.5) is 0 Å². The molecule has 0 saturated heterocycles. The molecule has 0 bridgehead atoms. The molecule has 0 saturated carbocycles. The molecule has 6 heteroatoms. The summed E-state index contributed by atoms with van der Waals surface area (Å²) in [7, 11) is 0. The van der Waals surface area contributed by atoms with Gasteiger partial charge in [-0.25, -0.2) is 9.97 Å². The molecule has 5 rings (SSSR count). The number of hydrogen-bond donors (Lipinski definition) is 0. The summed E-state index contributed by atoms with van der Waals surface area (Å²) in [6.07, 6.45) is 4.10. The molecule has 0 N–H and O–H groups in total. The molecule has 4 nitrogen and oxygen atoms in total. The Kier molecular flexibility index (Phi) is 4.37. The van der Waals surface area contributed by atoms with Gasteiger partial charge in [0, 0.05) is 20.9 Å². The lowest BCUT2D eigenvalue weighted by Gasteiger charge is -1.97. The number of aromatic nitrogens is 2. The zero-order valence-electron chi connectivity index (χ0n) is 15.3. The predicted molar refractivity (Wildman–Crippen MR) is 116 cm³/mol. The number of rotatable bonds is 4. The molecule has 0 atom stereocenters. The van der Waals surface area contributed by atoms with E-state index < -0.39 is 0 Å². The van der Waals surface area contributed by atoms with Crippen LogP contribution in [-0.2, 0) is 0 Å². The Morgan fingerprint density at radius 3 is 1.43 bits per heavy atom. The van der Waals surface area contributed by atoms with Gasteiger partial charge in [-0.2, -0.15) is 0 Å². The van der Waals surface area contributed by atoms with Gasteiger partial charge >= 0.3 is 0 Å². The van der Waals surface area contributed by atoms with Crippen LogP contribution in [0, 0.1) is 0 Å². The number of hydrogen-bond acceptors (Lipinski definition) is 6. The van der Waals surface area contributed by atoms with E-state index in [-0.39, 0.29) is 0 Å². The lowest BCUT2D eigenvalue weighted by molar-refractivity contribution is 0.617. The number of thioether (sulfide) groups is 2. The van der Waals surface area contributed by atoms with Crippen molar-refractivity contribution in [1.29, 1.82) is 0 Å². The van der Waals surface area contributed by atoms with Crippen molar-refractivity contribution in [3.63, 3.8) is 0 Å². The van der Waals surface area contributed by atoms with Crippen LogP contribution in [0.25, 0.3) is 45.1 Å². The average molecular weight is 405 g/mol. The molecule has 0 aliphatic rings. The molecule has 28 heavy (non-hydrogen) atoms. The second-order valence-electron chi connectivity index (χ2n) is 6.28. The van der Waals surface area contributed by atoms with Gasteiger partial charge in [-0.3, -0.25) is 0 Å². The van der Waals surface area contributed by atoms with Gasteiger partial charge in [0.2, 0.25) is 11.8 Å². The highest BCUT2D eigenvalue weighted by Gasteiger charge is 2.12. The van der Waals surface area contributed by atoms with E-state index in [4.69, 9.17) is 8.83 Å². The molecule has 0 aliphatic heterocycles. The Balaban J connectivity index is 1.48. The molecule has 0 radical (unpaired) electrons. The number of fused-ring (bicyclic) bond motifs is 2. The van der Waals surface area contributed by atoms with Crippen molar-refractivity contribution in [2.75, 3.05) is 12.5 Å². The maximum Gasteiger partial charge on any atom is 0.227 e. The first-order valence-corrected chi connectivity index (χ1v) is 11.2. The van der Waals surface area contributed by atoms with E-state index in [1.165, 1.54) is 9.79 Å². The Hall–Kier alpha value is -2.70. The van der Waals surface area contributed by atoms with Crippen molar-refractivity contribution in [2.24, 2.45) is 0 Å². The van der Waals surface area contributed by atoms with Crippen molar-refractivity contribution >= 4 is 45.7 Å². The molecule has 0 amide bonds. The topological polar surface area (TPSA) is 52.1 Å². The zero-order valence-corrected chi connectivity index (χ0v) is 16.9. The van der Waals surface area contributed by atoms with Crippen LogP contribution in [0.15, 0.2) is 79.3 Å². The van der Waals surface area contributed by atoms with Gasteiger partial charge in [-0.15, -0.1) is 23.5 Å². The number of oxazole rings is 2. The summed E-state index contributed by atoms with van der Waals surface area (Å²) in [4.78, 5) is 11.6. The highest BCUT2D eigenvalue weighted by Crippen LogP contribution is 2.30. The Labute approximate surface area is 170 Å².